The highest BCUT2D eigenvalue weighted by Crippen LogP contribution is 2.68. The van der Waals surface area contributed by atoms with Crippen LogP contribution in [0.2, 0.25) is 0 Å². The Morgan fingerprint density at radius 2 is 1.88 bits per heavy atom. The summed E-state index contributed by atoms with van der Waals surface area (Å²) in [7, 11) is 0. The van der Waals surface area contributed by atoms with Crippen molar-refractivity contribution in [3.63, 3.8) is 0 Å². The van der Waals surface area contributed by atoms with Crippen LogP contribution in [0.25, 0.3) is 0 Å². The van der Waals surface area contributed by atoms with E-state index in [1.807, 2.05) is 12.2 Å². The smallest absolute Gasteiger partial charge is 0.224 e. The van der Waals surface area contributed by atoms with Gasteiger partial charge in [-0.25, -0.2) is 0 Å². The van der Waals surface area contributed by atoms with Crippen LogP contribution in [0.1, 0.15) is 34.1 Å². The van der Waals surface area contributed by atoms with Crippen LogP contribution < -0.4 is 5.32 Å². The lowest BCUT2D eigenvalue weighted by atomic mass is 10.0. The van der Waals surface area contributed by atoms with Crippen molar-refractivity contribution in [2.45, 2.75) is 40.2 Å². The van der Waals surface area contributed by atoms with E-state index in [0.29, 0.717) is 0 Å². The quantitative estimate of drug-likeness (QED) is 0.734. The van der Waals surface area contributed by atoms with E-state index in [9.17, 15) is 4.79 Å². The van der Waals surface area contributed by atoms with E-state index in [1.54, 1.807) is 0 Å². The predicted molar refractivity (Wildman–Crippen MR) is 67.3 cm³/mol. The van der Waals surface area contributed by atoms with Crippen LogP contribution >= 0.6 is 0 Å². The van der Waals surface area contributed by atoms with Crippen LogP contribution in [0.15, 0.2) is 12.2 Å². The number of carbonyl (C=O) groups excluding carboxylic acids is 1. The fourth-order valence-electron chi connectivity index (χ4n) is 3.13. The minimum Gasteiger partial charge on any atom is -0.396 e. The first kappa shape index (κ1) is 12.6. The third kappa shape index (κ3) is 1.90. The molecule has 0 radical (unpaired) electrons. The number of aliphatic hydroxyl groups is 1. The van der Waals surface area contributed by atoms with Gasteiger partial charge in [0.15, 0.2) is 0 Å². The van der Waals surface area contributed by atoms with E-state index in [4.69, 9.17) is 5.11 Å². The zero-order valence-electron chi connectivity index (χ0n) is 11.2. The number of hydrogen-bond acceptors (Lipinski definition) is 2. The second-order valence-electron chi connectivity index (χ2n) is 6.55. The molecule has 0 heterocycles. The Balaban J connectivity index is 1.90. The summed E-state index contributed by atoms with van der Waals surface area (Å²) >= 11 is 0. The molecule has 1 saturated carbocycles. The van der Waals surface area contributed by atoms with Gasteiger partial charge in [-0.2, -0.15) is 0 Å². The van der Waals surface area contributed by atoms with E-state index < -0.39 is 0 Å². The Labute approximate surface area is 103 Å². The van der Waals surface area contributed by atoms with Crippen molar-refractivity contribution in [3.05, 3.63) is 12.2 Å². The van der Waals surface area contributed by atoms with Crippen LogP contribution in [0, 0.1) is 22.7 Å². The summed E-state index contributed by atoms with van der Waals surface area (Å²) in [6, 6.07) is 0.104. The normalized spacial score (nSPS) is 33.7. The van der Waals surface area contributed by atoms with Crippen LogP contribution in [-0.4, -0.2) is 23.7 Å². The van der Waals surface area contributed by atoms with E-state index in [1.165, 1.54) is 0 Å². The van der Waals surface area contributed by atoms with Crippen LogP contribution in [-0.2, 0) is 4.79 Å². The summed E-state index contributed by atoms with van der Waals surface area (Å²) in [5, 5.41) is 12.1. The number of carbonyl (C=O) groups is 1. The third-order valence-electron chi connectivity index (χ3n) is 5.02. The van der Waals surface area contributed by atoms with Crippen LogP contribution in [0.4, 0.5) is 0 Å². The molecular weight excluding hydrogens is 214 g/mol. The van der Waals surface area contributed by atoms with Gasteiger partial charge in [0.25, 0.3) is 0 Å². The largest absolute Gasteiger partial charge is 0.396 e. The van der Waals surface area contributed by atoms with Gasteiger partial charge in [0.05, 0.1) is 0 Å². The molecule has 2 rings (SSSR count). The number of amides is 1. The summed E-state index contributed by atoms with van der Waals surface area (Å²) in [4.78, 5) is 12.2. The first-order chi connectivity index (χ1) is 7.80. The Morgan fingerprint density at radius 1 is 1.29 bits per heavy atom. The second kappa shape index (κ2) is 3.84. The Bertz CT molecular complexity index is 343. The number of rotatable bonds is 3. The summed E-state index contributed by atoms with van der Waals surface area (Å²) in [5.74, 6) is 0.477. The van der Waals surface area contributed by atoms with Gasteiger partial charge in [0.1, 0.15) is 0 Å². The molecule has 0 saturated heterocycles. The van der Waals surface area contributed by atoms with E-state index in [-0.39, 0.29) is 41.2 Å². The van der Waals surface area contributed by atoms with Gasteiger partial charge in [0, 0.05) is 24.5 Å². The molecule has 0 aromatic carbocycles. The molecule has 96 valence electrons. The van der Waals surface area contributed by atoms with Crippen LogP contribution in [0.3, 0.4) is 0 Å². The highest BCUT2D eigenvalue weighted by Gasteiger charge is 2.68. The van der Waals surface area contributed by atoms with Crippen molar-refractivity contribution >= 4 is 5.91 Å². The summed E-state index contributed by atoms with van der Waals surface area (Å²) in [5.41, 5.74) is 0.186. The standard InChI is InChI=1S/C14H23NO2/c1-13(2)11(14(13,3)4)12(17)15-10-6-5-9(7-10)8-16/h5-6,9-11,16H,7-8H2,1-4H3,(H,15,17)/t9-,10+/m0/s1. The minimum absolute atomic E-state index is 0.0930. The molecule has 2 N–H and O–H groups in total. The Hall–Kier alpha value is -0.830. The van der Waals surface area contributed by atoms with Gasteiger partial charge in [-0.05, 0) is 17.3 Å². The minimum atomic E-state index is 0.0930. The highest BCUT2D eigenvalue weighted by molar-refractivity contribution is 5.84. The van der Waals surface area contributed by atoms with Gasteiger partial charge in [0.2, 0.25) is 5.91 Å². The molecule has 1 amide bonds. The maximum Gasteiger partial charge on any atom is 0.224 e. The van der Waals surface area contributed by atoms with Crippen LogP contribution in [0.5, 0.6) is 0 Å². The van der Waals surface area contributed by atoms with Crippen molar-refractivity contribution in [1.29, 1.82) is 0 Å². The average Bonchev–Trinajstić information content (AvgIpc) is 2.57. The zero-order chi connectivity index (χ0) is 12.8. The molecule has 2 aliphatic rings. The second-order valence-corrected chi connectivity index (χ2v) is 6.55. The fourth-order valence-corrected chi connectivity index (χ4v) is 3.13. The lowest BCUT2D eigenvalue weighted by Crippen LogP contribution is -2.35. The molecule has 0 aromatic heterocycles. The number of aliphatic hydroxyl groups excluding tert-OH is 1. The molecule has 1 fully saturated rings. The van der Waals surface area contributed by atoms with Crippen molar-refractivity contribution < 1.29 is 9.90 Å². The maximum absolute atomic E-state index is 12.2. The average molecular weight is 237 g/mol. The molecular formula is C14H23NO2. The van der Waals surface area contributed by atoms with Crippen molar-refractivity contribution in [1.82, 2.24) is 5.32 Å². The number of nitrogens with one attached hydrogen (secondary N) is 1. The van der Waals surface area contributed by atoms with Crippen molar-refractivity contribution in [3.8, 4) is 0 Å². The van der Waals surface area contributed by atoms with Gasteiger partial charge in [-0.3, -0.25) is 4.79 Å². The van der Waals surface area contributed by atoms with Crippen molar-refractivity contribution in [2.24, 2.45) is 22.7 Å². The lowest BCUT2D eigenvalue weighted by Gasteiger charge is -2.13. The van der Waals surface area contributed by atoms with Crippen molar-refractivity contribution in [2.75, 3.05) is 6.61 Å². The van der Waals surface area contributed by atoms with E-state index in [0.717, 1.165) is 6.42 Å². The van der Waals surface area contributed by atoms with E-state index in [2.05, 4.69) is 33.0 Å². The molecule has 0 unspecified atom stereocenters. The topological polar surface area (TPSA) is 49.3 Å². The summed E-state index contributed by atoms with van der Waals surface area (Å²) < 4.78 is 0. The van der Waals surface area contributed by atoms with Gasteiger partial charge < -0.3 is 10.4 Å². The molecule has 17 heavy (non-hydrogen) atoms. The van der Waals surface area contributed by atoms with Gasteiger partial charge in [-0.1, -0.05) is 39.8 Å². The fraction of sp³-hybridized carbons (Fsp3) is 0.786. The molecule has 0 spiro atoms. The molecule has 3 heteroatoms. The SMILES string of the molecule is CC1(C)C(C(=O)N[C@@H]2C=C[C@H](CO)C2)C1(C)C. The third-order valence-corrected chi connectivity index (χ3v) is 5.02. The van der Waals surface area contributed by atoms with Gasteiger partial charge in [-0.15, -0.1) is 0 Å². The lowest BCUT2D eigenvalue weighted by molar-refractivity contribution is -0.123. The molecule has 2 aliphatic carbocycles. The van der Waals surface area contributed by atoms with Gasteiger partial charge >= 0.3 is 0 Å². The Kier molecular flexibility index (Phi) is 2.85. The predicted octanol–water partition coefficient (Wildman–Crippen LogP) is 1.72. The summed E-state index contributed by atoms with van der Waals surface area (Å²) in [6.07, 6.45) is 4.82. The van der Waals surface area contributed by atoms with E-state index >= 15 is 0 Å². The molecule has 0 aromatic rings. The first-order valence-electron chi connectivity index (χ1n) is 6.40. The first-order valence-corrected chi connectivity index (χ1v) is 6.40. The molecule has 2 atom stereocenters. The highest BCUT2D eigenvalue weighted by atomic mass is 16.3. The molecule has 0 bridgehead atoms. The Morgan fingerprint density at radius 3 is 2.29 bits per heavy atom. The maximum atomic E-state index is 12.2. The number of hydrogen-bond donors (Lipinski definition) is 2. The molecule has 3 nitrogen and oxygen atoms in total. The monoisotopic (exact) mass is 237 g/mol. The molecule has 0 aliphatic heterocycles. The summed E-state index contributed by atoms with van der Waals surface area (Å²) in [6.45, 7) is 8.77. The zero-order valence-corrected chi connectivity index (χ0v) is 11.2.